The summed E-state index contributed by atoms with van der Waals surface area (Å²) in [4.78, 5) is 13.8. The molecular formula is C15H11NO4. The van der Waals surface area contributed by atoms with Gasteiger partial charge < -0.3 is 14.2 Å². The van der Waals surface area contributed by atoms with Gasteiger partial charge in [0, 0.05) is 6.07 Å². The number of ether oxygens (including phenoxy) is 3. The Bertz CT molecular complexity index is 698. The second kappa shape index (κ2) is 4.16. The van der Waals surface area contributed by atoms with Crippen molar-refractivity contribution in [3.63, 3.8) is 0 Å². The highest BCUT2D eigenvalue weighted by atomic mass is 16.7. The zero-order valence-corrected chi connectivity index (χ0v) is 10.5. The van der Waals surface area contributed by atoms with E-state index in [2.05, 4.69) is 0 Å². The van der Waals surface area contributed by atoms with Gasteiger partial charge in [-0.05, 0) is 24.3 Å². The van der Waals surface area contributed by atoms with E-state index in [9.17, 15) is 4.79 Å². The molecule has 0 unspecified atom stereocenters. The molecule has 0 saturated carbocycles. The molecule has 2 aromatic carbocycles. The van der Waals surface area contributed by atoms with E-state index in [-0.39, 0.29) is 19.3 Å². The first kappa shape index (κ1) is 11.2. The zero-order valence-electron chi connectivity index (χ0n) is 10.5. The first-order valence-electron chi connectivity index (χ1n) is 6.27. The lowest BCUT2D eigenvalue weighted by atomic mass is 10.2. The number of carbonyl (C=O) groups excluding carboxylic acids is 1. The zero-order chi connectivity index (χ0) is 13.5. The third kappa shape index (κ3) is 1.60. The molecule has 0 N–H and O–H groups in total. The standard InChI is InChI=1S/C15H11NO4/c17-15-8-18-12-4-2-1-3-11(12)16(15)10-5-6-13-14(7-10)20-9-19-13/h1-7H,8-9H2. The van der Waals surface area contributed by atoms with Gasteiger partial charge in [-0.2, -0.15) is 0 Å². The fourth-order valence-corrected chi connectivity index (χ4v) is 2.41. The van der Waals surface area contributed by atoms with Crippen LogP contribution in [0, 0.1) is 0 Å². The van der Waals surface area contributed by atoms with Gasteiger partial charge in [0.25, 0.3) is 5.91 Å². The van der Waals surface area contributed by atoms with Gasteiger partial charge in [-0.3, -0.25) is 9.69 Å². The monoisotopic (exact) mass is 269 g/mol. The molecule has 0 atom stereocenters. The predicted octanol–water partition coefficient (Wildman–Crippen LogP) is 2.47. The predicted molar refractivity (Wildman–Crippen MR) is 71.6 cm³/mol. The van der Waals surface area contributed by atoms with Gasteiger partial charge in [0.1, 0.15) is 5.75 Å². The maximum Gasteiger partial charge on any atom is 0.269 e. The van der Waals surface area contributed by atoms with Crippen molar-refractivity contribution in [2.45, 2.75) is 0 Å². The molecule has 0 aliphatic carbocycles. The van der Waals surface area contributed by atoms with E-state index in [0.29, 0.717) is 17.2 Å². The highest BCUT2D eigenvalue weighted by Gasteiger charge is 2.27. The van der Waals surface area contributed by atoms with E-state index in [1.165, 1.54) is 0 Å². The first-order valence-corrected chi connectivity index (χ1v) is 6.27. The minimum atomic E-state index is -0.109. The molecule has 0 radical (unpaired) electrons. The molecule has 2 aliphatic heterocycles. The maximum atomic E-state index is 12.2. The summed E-state index contributed by atoms with van der Waals surface area (Å²) in [5, 5.41) is 0. The number of carbonyl (C=O) groups is 1. The molecule has 2 aromatic rings. The Kier molecular flexibility index (Phi) is 2.32. The summed E-state index contributed by atoms with van der Waals surface area (Å²) in [6, 6.07) is 12.9. The van der Waals surface area contributed by atoms with E-state index in [0.717, 1.165) is 11.4 Å². The Morgan fingerprint density at radius 1 is 0.900 bits per heavy atom. The molecule has 1 amide bonds. The van der Waals surface area contributed by atoms with Gasteiger partial charge >= 0.3 is 0 Å². The summed E-state index contributed by atoms with van der Waals surface area (Å²) >= 11 is 0. The van der Waals surface area contributed by atoms with Gasteiger partial charge in [0.2, 0.25) is 6.79 Å². The lowest BCUT2D eigenvalue weighted by Gasteiger charge is -2.29. The number of anilines is 2. The number of fused-ring (bicyclic) bond motifs is 2. The van der Waals surface area contributed by atoms with Crippen LogP contribution in [0.5, 0.6) is 17.2 Å². The number of benzene rings is 2. The van der Waals surface area contributed by atoms with Gasteiger partial charge in [0.05, 0.1) is 11.4 Å². The molecular weight excluding hydrogens is 258 g/mol. The Morgan fingerprint density at radius 2 is 1.75 bits per heavy atom. The summed E-state index contributed by atoms with van der Waals surface area (Å²) in [7, 11) is 0. The van der Waals surface area contributed by atoms with Crippen molar-refractivity contribution in [1.82, 2.24) is 0 Å². The smallest absolute Gasteiger partial charge is 0.269 e. The fraction of sp³-hybridized carbons (Fsp3) is 0.133. The number of para-hydroxylation sites is 2. The van der Waals surface area contributed by atoms with E-state index < -0.39 is 0 Å². The first-order chi connectivity index (χ1) is 9.83. The van der Waals surface area contributed by atoms with Crippen LogP contribution in [-0.2, 0) is 4.79 Å². The van der Waals surface area contributed by atoms with Crippen LogP contribution in [-0.4, -0.2) is 19.3 Å². The molecule has 0 spiro atoms. The van der Waals surface area contributed by atoms with E-state index in [4.69, 9.17) is 14.2 Å². The van der Waals surface area contributed by atoms with Gasteiger partial charge in [0.15, 0.2) is 18.1 Å². The average Bonchev–Trinajstić information content (AvgIpc) is 2.94. The minimum absolute atomic E-state index is 0.0332. The second-order valence-corrected chi connectivity index (χ2v) is 4.52. The average molecular weight is 269 g/mol. The molecule has 2 heterocycles. The quantitative estimate of drug-likeness (QED) is 0.798. The molecule has 4 rings (SSSR count). The third-order valence-corrected chi connectivity index (χ3v) is 3.32. The molecule has 5 nitrogen and oxygen atoms in total. The maximum absolute atomic E-state index is 12.2. The Labute approximate surface area is 115 Å². The van der Waals surface area contributed by atoms with Crippen molar-refractivity contribution in [2.75, 3.05) is 18.3 Å². The highest BCUT2D eigenvalue weighted by Crippen LogP contribution is 2.41. The van der Waals surface area contributed by atoms with Gasteiger partial charge in [-0.25, -0.2) is 0 Å². The third-order valence-electron chi connectivity index (χ3n) is 3.32. The van der Waals surface area contributed by atoms with Crippen molar-refractivity contribution in [2.24, 2.45) is 0 Å². The molecule has 0 bridgehead atoms. The Balaban J connectivity index is 1.83. The second-order valence-electron chi connectivity index (χ2n) is 4.52. The van der Waals surface area contributed by atoms with Crippen LogP contribution >= 0.6 is 0 Å². The summed E-state index contributed by atoms with van der Waals surface area (Å²) in [5.74, 6) is 1.94. The van der Waals surface area contributed by atoms with Crippen molar-refractivity contribution in [1.29, 1.82) is 0 Å². The van der Waals surface area contributed by atoms with Crippen LogP contribution in [0.3, 0.4) is 0 Å². The van der Waals surface area contributed by atoms with E-state index in [1.807, 2.05) is 42.5 Å². The van der Waals surface area contributed by atoms with Crippen molar-refractivity contribution < 1.29 is 19.0 Å². The van der Waals surface area contributed by atoms with E-state index in [1.54, 1.807) is 4.90 Å². The number of rotatable bonds is 1. The van der Waals surface area contributed by atoms with Crippen LogP contribution in [0.4, 0.5) is 11.4 Å². The van der Waals surface area contributed by atoms with Crippen molar-refractivity contribution >= 4 is 17.3 Å². The summed E-state index contributed by atoms with van der Waals surface area (Å²) in [6.07, 6.45) is 0. The molecule has 20 heavy (non-hydrogen) atoms. The van der Waals surface area contributed by atoms with Crippen LogP contribution in [0.25, 0.3) is 0 Å². The van der Waals surface area contributed by atoms with Gasteiger partial charge in [-0.15, -0.1) is 0 Å². The minimum Gasteiger partial charge on any atom is -0.482 e. The van der Waals surface area contributed by atoms with Crippen LogP contribution in [0.1, 0.15) is 0 Å². The molecule has 0 saturated heterocycles. The van der Waals surface area contributed by atoms with Crippen LogP contribution in [0.2, 0.25) is 0 Å². The highest BCUT2D eigenvalue weighted by molar-refractivity contribution is 6.04. The Morgan fingerprint density at radius 3 is 2.70 bits per heavy atom. The van der Waals surface area contributed by atoms with Crippen molar-refractivity contribution in [3.8, 4) is 17.2 Å². The van der Waals surface area contributed by atoms with Crippen LogP contribution in [0.15, 0.2) is 42.5 Å². The normalized spacial score (nSPS) is 15.8. The summed E-state index contributed by atoms with van der Waals surface area (Å²) < 4.78 is 16.1. The number of hydrogen-bond acceptors (Lipinski definition) is 4. The number of amides is 1. The summed E-state index contributed by atoms with van der Waals surface area (Å²) in [6.45, 7) is 0.248. The topological polar surface area (TPSA) is 48.0 Å². The summed E-state index contributed by atoms with van der Waals surface area (Å²) in [5.41, 5.74) is 1.48. The largest absolute Gasteiger partial charge is 0.482 e. The number of nitrogens with zero attached hydrogens (tertiary/aromatic N) is 1. The molecule has 5 heteroatoms. The fourth-order valence-electron chi connectivity index (χ4n) is 2.41. The Hall–Kier alpha value is -2.69. The van der Waals surface area contributed by atoms with Crippen LogP contribution < -0.4 is 19.1 Å². The van der Waals surface area contributed by atoms with E-state index >= 15 is 0 Å². The molecule has 100 valence electrons. The molecule has 0 fully saturated rings. The SMILES string of the molecule is O=C1COc2ccccc2N1c1ccc2c(c1)OCO2. The molecule has 0 aromatic heterocycles. The van der Waals surface area contributed by atoms with Crippen molar-refractivity contribution in [3.05, 3.63) is 42.5 Å². The van der Waals surface area contributed by atoms with Gasteiger partial charge in [-0.1, -0.05) is 12.1 Å². The molecule has 2 aliphatic rings. The lowest BCUT2D eigenvalue weighted by Crippen LogP contribution is -2.34. The lowest BCUT2D eigenvalue weighted by molar-refractivity contribution is -0.120. The number of hydrogen-bond donors (Lipinski definition) is 0.